The number of rotatable bonds is 5. The number of aryl methyl sites for hydroxylation is 1. The van der Waals surface area contributed by atoms with Crippen molar-refractivity contribution in [1.29, 1.82) is 0 Å². The van der Waals surface area contributed by atoms with Gasteiger partial charge in [0.25, 0.3) is 10.0 Å². The number of pyridine rings is 1. The van der Waals surface area contributed by atoms with Gasteiger partial charge in [-0.15, -0.1) is 5.10 Å². The number of alkyl halides is 3. The fourth-order valence-corrected chi connectivity index (χ4v) is 5.34. The van der Waals surface area contributed by atoms with Crippen LogP contribution in [0, 0.1) is 6.92 Å². The molecule has 5 rings (SSSR count). The first-order valence-electron chi connectivity index (χ1n) is 11.3. The summed E-state index contributed by atoms with van der Waals surface area (Å²) in [6, 6.07) is 14.7. The van der Waals surface area contributed by atoms with Crippen LogP contribution in [0.4, 0.5) is 19.0 Å². The lowest BCUT2D eigenvalue weighted by Gasteiger charge is -2.29. The van der Waals surface area contributed by atoms with Crippen LogP contribution >= 0.6 is 0 Å². The summed E-state index contributed by atoms with van der Waals surface area (Å²) in [6.07, 6.45) is -1.01. The molecule has 0 radical (unpaired) electrons. The van der Waals surface area contributed by atoms with Gasteiger partial charge in [0.05, 0.1) is 17.1 Å². The molecule has 0 bridgehead atoms. The molecule has 11 heteroatoms. The highest BCUT2D eigenvalue weighted by Gasteiger charge is 2.33. The molecule has 2 aromatic carbocycles. The Kier molecular flexibility index (Phi) is 6.32. The summed E-state index contributed by atoms with van der Waals surface area (Å²) in [5.41, 5.74) is 2.34. The summed E-state index contributed by atoms with van der Waals surface area (Å²) >= 11 is 0. The van der Waals surface area contributed by atoms with Gasteiger partial charge in [-0.25, -0.2) is 8.42 Å². The molecule has 0 amide bonds. The monoisotopic (exact) mass is 526 g/mol. The van der Waals surface area contributed by atoms with Gasteiger partial charge in [0.15, 0.2) is 5.82 Å². The van der Waals surface area contributed by atoms with E-state index in [0.717, 1.165) is 17.8 Å². The molecule has 1 unspecified atom stereocenters. The van der Waals surface area contributed by atoms with E-state index in [1.165, 1.54) is 30.5 Å². The van der Waals surface area contributed by atoms with E-state index in [9.17, 15) is 21.6 Å². The first-order valence-corrected chi connectivity index (χ1v) is 12.8. The molecule has 1 aliphatic heterocycles. The van der Waals surface area contributed by atoms with Crippen molar-refractivity contribution >= 4 is 15.8 Å². The van der Waals surface area contributed by atoms with Gasteiger partial charge in [-0.3, -0.25) is 9.71 Å². The van der Waals surface area contributed by atoms with Gasteiger partial charge in [0.1, 0.15) is 5.75 Å². The molecular formula is C26H21F3N4O3S. The van der Waals surface area contributed by atoms with E-state index in [0.29, 0.717) is 34.4 Å². The summed E-state index contributed by atoms with van der Waals surface area (Å²) in [4.78, 5) is 4.23. The van der Waals surface area contributed by atoms with E-state index in [-0.39, 0.29) is 23.2 Å². The molecule has 1 aliphatic rings. The van der Waals surface area contributed by atoms with Crippen molar-refractivity contribution in [2.45, 2.75) is 30.3 Å². The number of fused-ring (bicyclic) bond motifs is 1. The molecule has 0 aliphatic carbocycles. The summed E-state index contributed by atoms with van der Waals surface area (Å²) < 4.78 is 74.6. The molecule has 0 saturated carbocycles. The number of aromatic nitrogens is 3. The summed E-state index contributed by atoms with van der Waals surface area (Å²) in [5.74, 6) is 0.110. The molecule has 3 heterocycles. The van der Waals surface area contributed by atoms with Crippen molar-refractivity contribution in [3.05, 3.63) is 95.4 Å². The zero-order chi connectivity index (χ0) is 26.2. The Bertz CT molecular complexity index is 1540. The van der Waals surface area contributed by atoms with Gasteiger partial charge in [-0.1, -0.05) is 18.2 Å². The quantitative estimate of drug-likeness (QED) is 0.365. The number of hydrogen-bond acceptors (Lipinski definition) is 6. The number of hydrogen-bond donors (Lipinski definition) is 1. The summed E-state index contributed by atoms with van der Waals surface area (Å²) in [6.45, 7) is 2.07. The third kappa shape index (κ3) is 5.12. The molecule has 190 valence electrons. The molecule has 37 heavy (non-hydrogen) atoms. The Morgan fingerprint density at radius 1 is 1.03 bits per heavy atom. The number of anilines is 1. The predicted octanol–water partition coefficient (Wildman–Crippen LogP) is 5.58. The standard InChI is InChI=1S/C26H21F3N4O3S/c1-16-4-5-17(15-30-16)23-13-18(26(27,28)29)6-8-20(23)21-10-12-36-24-14-19(7-9-22(21)24)37(34,35)33-25-3-2-11-31-32-25/h2-9,11,13-15,21H,10,12H2,1H3,(H,32,33). The smallest absolute Gasteiger partial charge is 0.416 e. The maximum Gasteiger partial charge on any atom is 0.416 e. The van der Waals surface area contributed by atoms with Crippen molar-refractivity contribution in [2.24, 2.45) is 0 Å². The highest BCUT2D eigenvalue weighted by Crippen LogP contribution is 2.44. The van der Waals surface area contributed by atoms with Gasteiger partial charge >= 0.3 is 6.18 Å². The maximum atomic E-state index is 13.6. The number of halogens is 3. The molecule has 1 N–H and O–H groups in total. The zero-order valence-electron chi connectivity index (χ0n) is 19.5. The zero-order valence-corrected chi connectivity index (χ0v) is 20.3. The van der Waals surface area contributed by atoms with Crippen molar-refractivity contribution in [2.75, 3.05) is 11.3 Å². The molecule has 0 fully saturated rings. The third-order valence-corrected chi connectivity index (χ3v) is 7.48. The molecule has 2 aromatic heterocycles. The van der Waals surface area contributed by atoms with E-state index >= 15 is 0 Å². The number of nitrogens with zero attached hydrogens (tertiary/aromatic N) is 3. The van der Waals surface area contributed by atoms with Crippen molar-refractivity contribution in [3.63, 3.8) is 0 Å². The second kappa shape index (κ2) is 9.47. The lowest BCUT2D eigenvalue weighted by molar-refractivity contribution is -0.137. The predicted molar refractivity (Wildman–Crippen MR) is 131 cm³/mol. The summed E-state index contributed by atoms with van der Waals surface area (Å²) in [7, 11) is -3.97. The normalized spacial score (nSPS) is 15.5. The van der Waals surface area contributed by atoms with Crippen LogP contribution in [-0.2, 0) is 16.2 Å². The number of nitrogens with one attached hydrogen (secondary N) is 1. The lowest BCUT2D eigenvalue weighted by atomic mass is 9.82. The largest absolute Gasteiger partial charge is 0.493 e. The number of sulfonamides is 1. The fourth-order valence-electron chi connectivity index (χ4n) is 4.33. The van der Waals surface area contributed by atoms with Crippen LogP contribution < -0.4 is 9.46 Å². The highest BCUT2D eigenvalue weighted by atomic mass is 32.2. The Hall–Kier alpha value is -3.99. The van der Waals surface area contributed by atoms with Gasteiger partial charge in [-0.2, -0.15) is 18.3 Å². The minimum Gasteiger partial charge on any atom is -0.493 e. The lowest BCUT2D eigenvalue weighted by Crippen LogP contribution is -2.19. The molecule has 4 aromatic rings. The topological polar surface area (TPSA) is 94.1 Å². The van der Waals surface area contributed by atoms with Gasteiger partial charge in [0, 0.05) is 41.2 Å². The average Bonchev–Trinajstić information content (AvgIpc) is 2.88. The van der Waals surface area contributed by atoms with E-state index in [2.05, 4.69) is 19.9 Å². The fraction of sp³-hybridized carbons (Fsp3) is 0.192. The molecule has 7 nitrogen and oxygen atoms in total. The van der Waals surface area contributed by atoms with Gasteiger partial charge in [0.2, 0.25) is 0 Å². The first-order chi connectivity index (χ1) is 17.6. The Labute approximate surface area is 211 Å². The van der Waals surface area contributed by atoms with E-state index < -0.39 is 21.8 Å². The molecule has 0 saturated heterocycles. The Morgan fingerprint density at radius 2 is 1.84 bits per heavy atom. The third-order valence-electron chi connectivity index (χ3n) is 6.12. The number of benzene rings is 2. The maximum absolute atomic E-state index is 13.6. The average molecular weight is 527 g/mol. The second-order valence-electron chi connectivity index (χ2n) is 8.59. The molecular weight excluding hydrogens is 505 g/mol. The van der Waals surface area contributed by atoms with Gasteiger partial charge in [-0.05, 0) is 60.9 Å². The Balaban J connectivity index is 1.56. The van der Waals surface area contributed by atoms with Crippen LogP contribution in [0.5, 0.6) is 5.75 Å². The minimum absolute atomic E-state index is 0.0343. The van der Waals surface area contributed by atoms with Crippen molar-refractivity contribution < 1.29 is 26.3 Å². The minimum atomic E-state index is -4.50. The van der Waals surface area contributed by atoms with Crippen LogP contribution in [0.25, 0.3) is 11.1 Å². The van der Waals surface area contributed by atoms with E-state index in [1.807, 2.05) is 0 Å². The highest BCUT2D eigenvalue weighted by molar-refractivity contribution is 7.92. The van der Waals surface area contributed by atoms with Crippen molar-refractivity contribution in [3.8, 4) is 16.9 Å². The molecule has 0 spiro atoms. The van der Waals surface area contributed by atoms with Crippen LogP contribution in [0.15, 0.2) is 78.0 Å². The van der Waals surface area contributed by atoms with Crippen LogP contribution in [-0.4, -0.2) is 30.2 Å². The Morgan fingerprint density at radius 3 is 2.54 bits per heavy atom. The second-order valence-corrected chi connectivity index (χ2v) is 10.3. The van der Waals surface area contributed by atoms with Crippen LogP contribution in [0.2, 0.25) is 0 Å². The first kappa shape index (κ1) is 24.7. The van der Waals surface area contributed by atoms with Gasteiger partial charge < -0.3 is 4.74 Å². The van der Waals surface area contributed by atoms with Crippen LogP contribution in [0.3, 0.4) is 0 Å². The van der Waals surface area contributed by atoms with E-state index in [1.54, 1.807) is 37.4 Å². The summed E-state index contributed by atoms with van der Waals surface area (Å²) in [5, 5.41) is 7.40. The number of ether oxygens (including phenoxy) is 1. The van der Waals surface area contributed by atoms with Crippen molar-refractivity contribution in [1.82, 2.24) is 15.2 Å². The SMILES string of the molecule is Cc1ccc(-c2cc(C(F)(F)F)ccc2C2CCOc3cc(S(=O)(=O)Nc4cccnn4)ccc32)cn1. The van der Waals surface area contributed by atoms with E-state index in [4.69, 9.17) is 4.74 Å². The molecule has 1 atom stereocenters. The van der Waals surface area contributed by atoms with Crippen LogP contribution in [0.1, 0.15) is 34.7 Å².